The fourth-order valence-electron chi connectivity index (χ4n) is 3.83. The molecule has 4 rings (SSSR count). The molecular formula is C30H34. The predicted molar refractivity (Wildman–Crippen MR) is 133 cm³/mol. The van der Waals surface area contributed by atoms with Gasteiger partial charge in [-0.05, 0) is 69.8 Å². The monoisotopic (exact) mass is 394 g/mol. The molecule has 0 fully saturated rings. The lowest BCUT2D eigenvalue weighted by Gasteiger charge is -2.18. The smallest absolute Gasteiger partial charge is 0.0241 e. The summed E-state index contributed by atoms with van der Waals surface area (Å²) >= 11 is 0. The van der Waals surface area contributed by atoms with Gasteiger partial charge in [-0.3, -0.25) is 0 Å². The third kappa shape index (κ3) is 5.72. The summed E-state index contributed by atoms with van der Waals surface area (Å²) in [4.78, 5) is 0. The summed E-state index contributed by atoms with van der Waals surface area (Å²) in [6, 6.07) is 0. The van der Waals surface area contributed by atoms with Crippen LogP contribution in [-0.4, -0.2) is 0 Å². The van der Waals surface area contributed by atoms with Crippen LogP contribution in [-0.2, 0) is 0 Å². The minimum Gasteiger partial charge on any atom is -0.0772 e. The van der Waals surface area contributed by atoms with Crippen LogP contribution in [0.25, 0.3) is 0 Å². The van der Waals surface area contributed by atoms with Crippen molar-refractivity contribution < 1.29 is 0 Å². The molecule has 0 aromatic heterocycles. The van der Waals surface area contributed by atoms with E-state index in [0.29, 0.717) is 0 Å². The zero-order valence-electron chi connectivity index (χ0n) is 19.3. The van der Waals surface area contributed by atoms with Crippen molar-refractivity contribution in [2.24, 2.45) is 0 Å². The Morgan fingerprint density at radius 2 is 1.33 bits per heavy atom. The van der Waals surface area contributed by atoms with Gasteiger partial charge in [-0.15, -0.1) is 0 Å². The highest BCUT2D eigenvalue weighted by Gasteiger charge is 2.13. The molecule has 0 aliphatic heterocycles. The lowest BCUT2D eigenvalue weighted by atomic mass is 9.86. The van der Waals surface area contributed by atoms with Crippen molar-refractivity contribution in [2.45, 2.75) is 54.4 Å². The van der Waals surface area contributed by atoms with Crippen molar-refractivity contribution >= 4 is 0 Å². The van der Waals surface area contributed by atoms with Gasteiger partial charge < -0.3 is 0 Å². The van der Waals surface area contributed by atoms with Gasteiger partial charge in [-0.1, -0.05) is 102 Å². The molecule has 0 aromatic carbocycles. The zero-order valence-corrected chi connectivity index (χ0v) is 19.3. The van der Waals surface area contributed by atoms with Gasteiger partial charge in [-0.25, -0.2) is 0 Å². The van der Waals surface area contributed by atoms with E-state index in [0.717, 1.165) is 12.8 Å². The molecule has 0 aromatic rings. The van der Waals surface area contributed by atoms with Crippen LogP contribution >= 0.6 is 0 Å². The van der Waals surface area contributed by atoms with Gasteiger partial charge in [0.1, 0.15) is 0 Å². The summed E-state index contributed by atoms with van der Waals surface area (Å²) in [5.41, 5.74) is 12.5. The molecule has 0 heteroatoms. The quantitative estimate of drug-likeness (QED) is 0.386. The van der Waals surface area contributed by atoms with Gasteiger partial charge >= 0.3 is 0 Å². The molecule has 30 heavy (non-hydrogen) atoms. The molecule has 0 amide bonds. The van der Waals surface area contributed by atoms with E-state index in [-0.39, 0.29) is 0 Å². The first-order chi connectivity index (χ1) is 14.3. The van der Waals surface area contributed by atoms with Crippen molar-refractivity contribution in [3.63, 3.8) is 0 Å². The Morgan fingerprint density at radius 1 is 0.633 bits per heavy atom. The minimum absolute atomic E-state index is 1.06. The van der Waals surface area contributed by atoms with Gasteiger partial charge in [0.15, 0.2) is 0 Å². The Balaban J connectivity index is 0.000000171. The van der Waals surface area contributed by atoms with Gasteiger partial charge in [0.25, 0.3) is 0 Å². The second-order valence-electron chi connectivity index (χ2n) is 8.69. The van der Waals surface area contributed by atoms with Gasteiger partial charge in [0.05, 0.1) is 0 Å². The van der Waals surface area contributed by atoms with Gasteiger partial charge in [0.2, 0.25) is 0 Å². The number of allylic oxidation sites excluding steroid dienone is 20. The third-order valence-electron chi connectivity index (χ3n) is 6.00. The second-order valence-corrected chi connectivity index (χ2v) is 8.69. The fraction of sp³-hybridized carbons (Fsp3) is 0.267. The van der Waals surface area contributed by atoms with Crippen LogP contribution in [0.5, 0.6) is 0 Å². The Labute approximate surface area is 183 Å². The molecule has 0 atom stereocenters. The highest BCUT2D eigenvalue weighted by Crippen LogP contribution is 2.30. The SMILES string of the molecule is CC1=C[CH]/C(=C2/C=CC(C)=C(C)C2)C=C1.C[C]1C=C(C)C=C/C1=C1\C=CC(C)=CC1. The largest absolute Gasteiger partial charge is 0.0772 e. The molecule has 4 aliphatic carbocycles. The van der Waals surface area contributed by atoms with Crippen molar-refractivity contribution in [1.29, 1.82) is 0 Å². The van der Waals surface area contributed by atoms with E-state index >= 15 is 0 Å². The topological polar surface area (TPSA) is 0 Å². The standard InChI is InChI=1S/2C15H17/c1-11-4-7-14(8-5-11)15-9-6-12(2)13(3)10-15;1-11-4-7-14(8-5-11)15-9-6-12(2)10-13(15)3/h4-9H,10H2,1-3H3;4-7,9-10H,8H2,1-3H3/b;15-14-. The molecule has 0 unspecified atom stereocenters. The lowest BCUT2D eigenvalue weighted by Crippen LogP contribution is -2.01. The predicted octanol–water partition coefficient (Wildman–Crippen LogP) is 8.60. The van der Waals surface area contributed by atoms with E-state index in [4.69, 9.17) is 0 Å². The fourth-order valence-corrected chi connectivity index (χ4v) is 3.83. The van der Waals surface area contributed by atoms with Crippen LogP contribution in [0.3, 0.4) is 0 Å². The van der Waals surface area contributed by atoms with Crippen LogP contribution in [0.1, 0.15) is 54.4 Å². The molecule has 0 saturated carbocycles. The average molecular weight is 395 g/mol. The van der Waals surface area contributed by atoms with Crippen molar-refractivity contribution in [1.82, 2.24) is 0 Å². The van der Waals surface area contributed by atoms with Crippen molar-refractivity contribution in [3.8, 4) is 0 Å². The number of hydrogen-bond donors (Lipinski definition) is 0. The number of hydrogen-bond acceptors (Lipinski definition) is 0. The van der Waals surface area contributed by atoms with E-state index in [1.165, 1.54) is 56.1 Å². The first-order valence-corrected chi connectivity index (χ1v) is 10.9. The van der Waals surface area contributed by atoms with Gasteiger partial charge in [0, 0.05) is 12.3 Å². The summed E-state index contributed by atoms with van der Waals surface area (Å²) in [5.74, 6) is 1.38. The van der Waals surface area contributed by atoms with Crippen LogP contribution in [0.4, 0.5) is 0 Å². The maximum Gasteiger partial charge on any atom is 0.0241 e. The maximum atomic E-state index is 2.29. The summed E-state index contributed by atoms with van der Waals surface area (Å²) in [6.07, 6.45) is 28.8. The Hall–Kier alpha value is -2.60. The van der Waals surface area contributed by atoms with Crippen molar-refractivity contribution in [2.75, 3.05) is 0 Å². The molecule has 0 saturated heterocycles. The Morgan fingerprint density at radius 3 is 1.93 bits per heavy atom. The normalized spacial score (nSPS) is 26.3. The first-order valence-electron chi connectivity index (χ1n) is 10.9. The summed E-state index contributed by atoms with van der Waals surface area (Å²) in [5, 5.41) is 0. The highest BCUT2D eigenvalue weighted by atomic mass is 14.2. The summed E-state index contributed by atoms with van der Waals surface area (Å²) in [7, 11) is 0. The van der Waals surface area contributed by atoms with Crippen LogP contribution in [0.2, 0.25) is 0 Å². The molecule has 4 aliphatic rings. The molecule has 0 bridgehead atoms. The van der Waals surface area contributed by atoms with Gasteiger partial charge in [-0.2, -0.15) is 0 Å². The van der Waals surface area contributed by atoms with E-state index < -0.39 is 0 Å². The van der Waals surface area contributed by atoms with Crippen molar-refractivity contribution in [3.05, 3.63) is 129 Å². The summed E-state index contributed by atoms with van der Waals surface area (Å²) in [6.45, 7) is 13.0. The van der Waals surface area contributed by atoms with E-state index in [9.17, 15) is 0 Å². The molecular weight excluding hydrogens is 360 g/mol. The lowest BCUT2D eigenvalue weighted by molar-refractivity contribution is 1.07. The minimum atomic E-state index is 1.06. The van der Waals surface area contributed by atoms with Crippen LogP contribution in [0, 0.1) is 12.3 Å². The molecule has 0 heterocycles. The van der Waals surface area contributed by atoms with Crippen LogP contribution in [0.15, 0.2) is 117 Å². The van der Waals surface area contributed by atoms with E-state index in [1.54, 1.807) is 0 Å². The molecule has 2 radical (unpaired) electrons. The maximum absolute atomic E-state index is 2.29. The zero-order chi connectivity index (χ0) is 21.7. The Bertz CT molecular complexity index is 1000. The second kappa shape index (κ2) is 9.94. The van der Waals surface area contributed by atoms with E-state index in [1.807, 2.05) is 0 Å². The molecule has 154 valence electrons. The highest BCUT2D eigenvalue weighted by molar-refractivity contribution is 5.55. The molecule has 0 nitrogen and oxygen atoms in total. The summed E-state index contributed by atoms with van der Waals surface area (Å²) < 4.78 is 0. The average Bonchev–Trinajstić information content (AvgIpc) is 2.72. The molecule has 0 spiro atoms. The molecule has 0 N–H and O–H groups in total. The third-order valence-corrected chi connectivity index (χ3v) is 6.00. The number of rotatable bonds is 0. The Kier molecular flexibility index (Phi) is 7.32. The first kappa shape index (κ1) is 22.1. The van der Waals surface area contributed by atoms with E-state index in [2.05, 4.69) is 115 Å². The van der Waals surface area contributed by atoms with Crippen LogP contribution < -0.4 is 0 Å².